The van der Waals surface area contributed by atoms with Gasteiger partial charge in [0.05, 0.1) is 24.3 Å². The highest BCUT2D eigenvalue weighted by Gasteiger charge is 2.45. The van der Waals surface area contributed by atoms with Gasteiger partial charge in [-0.15, -0.1) is 0 Å². The molecule has 1 aromatic heterocycles. The van der Waals surface area contributed by atoms with Crippen molar-refractivity contribution in [3.63, 3.8) is 0 Å². The molecular formula is C22H26N2O4S. The summed E-state index contributed by atoms with van der Waals surface area (Å²) in [7, 11) is -1.99. The third kappa shape index (κ3) is 4.52. The summed E-state index contributed by atoms with van der Waals surface area (Å²) in [5.41, 5.74) is 0.104. The van der Waals surface area contributed by atoms with Gasteiger partial charge < -0.3 is 9.72 Å². The minimum Gasteiger partial charge on any atom is -0.500 e. The monoisotopic (exact) mass is 414 g/mol. The number of ether oxygens (including phenoxy) is 1. The lowest BCUT2D eigenvalue weighted by molar-refractivity contribution is 0.0982. The number of aromatic nitrogens is 1. The van der Waals surface area contributed by atoms with Gasteiger partial charge in [-0.1, -0.05) is 36.4 Å². The molecule has 1 aliphatic rings. The molecule has 29 heavy (non-hydrogen) atoms. The maximum atomic E-state index is 13.5. The second-order valence-corrected chi connectivity index (χ2v) is 9.58. The first-order valence-corrected chi connectivity index (χ1v) is 11.2. The molecule has 0 aliphatic heterocycles. The number of ketones is 1. The molecule has 7 heteroatoms. The van der Waals surface area contributed by atoms with E-state index >= 15 is 0 Å². The number of Topliss-reactive ketones (excluding diaryl/α,β-unsaturated/α-hetero) is 1. The molecule has 1 aliphatic carbocycles. The largest absolute Gasteiger partial charge is 0.500 e. The molecule has 2 aromatic rings. The lowest BCUT2D eigenvalue weighted by Gasteiger charge is -2.40. The van der Waals surface area contributed by atoms with Gasteiger partial charge in [-0.25, -0.2) is 13.1 Å². The summed E-state index contributed by atoms with van der Waals surface area (Å²) in [5.74, 6) is 0.372. The molecule has 0 saturated heterocycles. The van der Waals surface area contributed by atoms with Crippen molar-refractivity contribution in [2.75, 3.05) is 13.4 Å². The van der Waals surface area contributed by atoms with Crippen molar-refractivity contribution >= 4 is 15.8 Å². The Kier molecular flexibility index (Phi) is 5.56. The number of hydrogen-bond acceptors (Lipinski definition) is 4. The van der Waals surface area contributed by atoms with Gasteiger partial charge in [0.25, 0.3) is 0 Å². The zero-order chi connectivity index (χ0) is 21.3. The first kappa shape index (κ1) is 21.1. The van der Waals surface area contributed by atoms with E-state index in [1.165, 1.54) is 7.11 Å². The molecule has 0 fully saturated rings. The minimum absolute atomic E-state index is 0.163. The third-order valence-corrected chi connectivity index (χ3v) is 5.94. The fourth-order valence-electron chi connectivity index (χ4n) is 3.91. The van der Waals surface area contributed by atoms with E-state index in [1.54, 1.807) is 43.3 Å². The Morgan fingerprint density at radius 1 is 1.10 bits per heavy atom. The van der Waals surface area contributed by atoms with Crippen LogP contribution in [0.5, 0.6) is 0 Å². The second-order valence-electron chi connectivity index (χ2n) is 7.83. The maximum Gasteiger partial charge on any atom is 0.209 e. The SMILES string of the molecule is COC1=CC(C)(NS(C)(=O)=O)C=C(C(=O)c2ccccc2)C1(C)Cc1ccc[nH]1. The van der Waals surface area contributed by atoms with Gasteiger partial charge in [-0.05, 0) is 32.1 Å². The van der Waals surface area contributed by atoms with Gasteiger partial charge in [0, 0.05) is 29.4 Å². The molecule has 2 unspecified atom stereocenters. The first-order chi connectivity index (χ1) is 13.6. The molecule has 0 spiro atoms. The molecule has 154 valence electrons. The van der Waals surface area contributed by atoms with Gasteiger partial charge >= 0.3 is 0 Å². The van der Waals surface area contributed by atoms with Crippen LogP contribution in [0.4, 0.5) is 0 Å². The zero-order valence-corrected chi connectivity index (χ0v) is 17.8. The fraction of sp³-hybridized carbons (Fsp3) is 0.318. The van der Waals surface area contributed by atoms with E-state index in [0.717, 1.165) is 11.9 Å². The van der Waals surface area contributed by atoms with Crippen LogP contribution < -0.4 is 4.72 Å². The Morgan fingerprint density at radius 2 is 1.79 bits per heavy atom. The van der Waals surface area contributed by atoms with Crippen LogP contribution in [-0.4, -0.2) is 38.1 Å². The smallest absolute Gasteiger partial charge is 0.209 e. The number of aromatic amines is 1. The van der Waals surface area contributed by atoms with Crippen molar-refractivity contribution in [1.29, 1.82) is 0 Å². The molecule has 1 heterocycles. The Balaban J connectivity index is 2.17. The Morgan fingerprint density at radius 3 is 2.34 bits per heavy atom. The predicted octanol–water partition coefficient (Wildman–Crippen LogP) is 3.22. The number of carbonyl (C=O) groups is 1. The Bertz CT molecular complexity index is 1060. The average molecular weight is 415 g/mol. The van der Waals surface area contributed by atoms with Gasteiger partial charge in [0.15, 0.2) is 5.78 Å². The number of hydrogen-bond donors (Lipinski definition) is 2. The lowest BCUT2D eigenvalue weighted by atomic mass is 9.68. The molecule has 0 bridgehead atoms. The molecule has 0 amide bonds. The second kappa shape index (κ2) is 7.65. The van der Waals surface area contributed by atoms with Crippen LogP contribution in [0.1, 0.15) is 29.9 Å². The summed E-state index contributed by atoms with van der Waals surface area (Å²) in [5, 5.41) is 0. The number of allylic oxidation sites excluding steroid dienone is 1. The number of rotatable bonds is 7. The lowest BCUT2D eigenvalue weighted by Crippen LogP contribution is -2.48. The molecular weight excluding hydrogens is 388 g/mol. The number of sulfonamides is 1. The van der Waals surface area contributed by atoms with E-state index in [9.17, 15) is 13.2 Å². The van der Waals surface area contributed by atoms with Crippen LogP contribution in [0, 0.1) is 5.41 Å². The molecule has 2 N–H and O–H groups in total. The summed E-state index contributed by atoms with van der Waals surface area (Å²) in [6.45, 7) is 3.65. The van der Waals surface area contributed by atoms with Crippen LogP contribution in [0.2, 0.25) is 0 Å². The van der Waals surface area contributed by atoms with E-state index in [4.69, 9.17) is 4.74 Å². The average Bonchev–Trinajstić information content (AvgIpc) is 3.15. The molecule has 3 rings (SSSR count). The zero-order valence-electron chi connectivity index (χ0n) is 17.0. The molecule has 2 atom stereocenters. The maximum absolute atomic E-state index is 13.5. The number of carbonyl (C=O) groups excluding carboxylic acids is 1. The van der Waals surface area contributed by atoms with Gasteiger partial charge in [0.1, 0.15) is 5.76 Å². The number of methoxy groups -OCH3 is 1. The van der Waals surface area contributed by atoms with Crippen LogP contribution in [0.15, 0.2) is 72.1 Å². The summed E-state index contributed by atoms with van der Waals surface area (Å²) < 4.78 is 32.2. The van der Waals surface area contributed by atoms with E-state index < -0.39 is 21.0 Å². The van der Waals surface area contributed by atoms with Crippen molar-refractivity contribution < 1.29 is 17.9 Å². The van der Waals surface area contributed by atoms with E-state index in [0.29, 0.717) is 23.3 Å². The quantitative estimate of drug-likeness (QED) is 0.681. The van der Waals surface area contributed by atoms with E-state index in [-0.39, 0.29) is 5.78 Å². The van der Waals surface area contributed by atoms with Gasteiger partial charge in [0.2, 0.25) is 10.0 Å². The summed E-state index contributed by atoms with van der Waals surface area (Å²) in [4.78, 5) is 16.7. The predicted molar refractivity (Wildman–Crippen MR) is 113 cm³/mol. The van der Waals surface area contributed by atoms with Crippen LogP contribution in [0.3, 0.4) is 0 Å². The van der Waals surface area contributed by atoms with Gasteiger partial charge in [-0.3, -0.25) is 4.79 Å². The van der Waals surface area contributed by atoms with Crippen molar-refractivity contribution in [3.05, 3.63) is 83.4 Å². The van der Waals surface area contributed by atoms with Crippen molar-refractivity contribution in [1.82, 2.24) is 9.71 Å². The van der Waals surface area contributed by atoms with Crippen molar-refractivity contribution in [2.45, 2.75) is 25.8 Å². The summed E-state index contributed by atoms with van der Waals surface area (Å²) in [6, 6.07) is 12.8. The molecule has 6 nitrogen and oxygen atoms in total. The molecule has 0 saturated carbocycles. The summed E-state index contributed by atoms with van der Waals surface area (Å²) >= 11 is 0. The molecule has 1 aromatic carbocycles. The van der Waals surface area contributed by atoms with Crippen LogP contribution in [0.25, 0.3) is 0 Å². The van der Waals surface area contributed by atoms with Crippen molar-refractivity contribution in [3.8, 4) is 0 Å². The van der Waals surface area contributed by atoms with E-state index in [1.807, 2.05) is 31.3 Å². The number of benzene rings is 1. The topological polar surface area (TPSA) is 88.3 Å². The highest BCUT2D eigenvalue weighted by molar-refractivity contribution is 7.88. The van der Waals surface area contributed by atoms with Gasteiger partial charge in [-0.2, -0.15) is 0 Å². The first-order valence-electron chi connectivity index (χ1n) is 9.28. The van der Waals surface area contributed by atoms with E-state index in [2.05, 4.69) is 9.71 Å². The van der Waals surface area contributed by atoms with Crippen LogP contribution >= 0.6 is 0 Å². The Labute approximate surface area is 171 Å². The molecule has 0 radical (unpaired) electrons. The number of nitrogens with one attached hydrogen (secondary N) is 2. The normalized spacial score (nSPS) is 24.6. The highest BCUT2D eigenvalue weighted by atomic mass is 32.2. The van der Waals surface area contributed by atoms with Crippen molar-refractivity contribution in [2.24, 2.45) is 5.41 Å². The standard InChI is InChI=1S/C22H26N2O4S/c1-21(24-29(4,26)27)14-18(20(25)16-9-6-5-7-10-16)22(2,19(15-21)28-3)13-17-11-8-12-23-17/h5-12,14-15,23-24H,13H2,1-4H3. The Hall–Kier alpha value is -2.64. The van der Waals surface area contributed by atoms with Crippen LogP contribution in [-0.2, 0) is 21.2 Å². The third-order valence-electron chi connectivity index (χ3n) is 5.13. The minimum atomic E-state index is -3.53. The summed E-state index contributed by atoms with van der Waals surface area (Å²) in [6.07, 6.45) is 6.86. The fourth-order valence-corrected chi connectivity index (χ4v) is 4.83. The highest BCUT2D eigenvalue weighted by Crippen LogP contribution is 2.45. The number of H-pyrrole nitrogens is 1.